The van der Waals surface area contributed by atoms with Crippen molar-refractivity contribution in [3.05, 3.63) is 65.1 Å². The number of hydrogen-bond acceptors (Lipinski definition) is 5. The van der Waals surface area contributed by atoms with Gasteiger partial charge in [0.1, 0.15) is 6.61 Å². The molecule has 3 aromatic rings. The van der Waals surface area contributed by atoms with E-state index >= 15 is 0 Å². The van der Waals surface area contributed by atoms with Gasteiger partial charge in [-0.2, -0.15) is 0 Å². The SMILES string of the molecule is CC(=O)OCCN1CCc2c(c3cc(C)ccc3n2CC(O)c2ccncc2)C1. The number of esters is 1. The average Bonchev–Trinajstić information content (AvgIpc) is 3.01. The molecule has 3 heterocycles. The second kappa shape index (κ2) is 8.35. The Bertz CT molecular complexity index is 1010. The molecule has 1 N–H and O–H groups in total. The number of aromatic nitrogens is 2. The van der Waals surface area contributed by atoms with Gasteiger partial charge >= 0.3 is 5.97 Å². The van der Waals surface area contributed by atoms with Crippen molar-refractivity contribution >= 4 is 16.9 Å². The first kappa shape index (κ1) is 19.6. The van der Waals surface area contributed by atoms with E-state index in [-0.39, 0.29) is 5.97 Å². The van der Waals surface area contributed by atoms with Gasteiger partial charge in [0.25, 0.3) is 0 Å². The van der Waals surface area contributed by atoms with E-state index in [4.69, 9.17) is 4.74 Å². The Kier molecular flexibility index (Phi) is 5.65. The van der Waals surface area contributed by atoms with Crippen LogP contribution in [-0.2, 0) is 29.0 Å². The number of fused-ring (bicyclic) bond motifs is 3. The predicted molar refractivity (Wildman–Crippen MR) is 111 cm³/mol. The molecule has 0 amide bonds. The van der Waals surface area contributed by atoms with E-state index in [1.165, 1.54) is 29.1 Å². The van der Waals surface area contributed by atoms with E-state index < -0.39 is 6.10 Å². The molecule has 0 aliphatic carbocycles. The zero-order valence-electron chi connectivity index (χ0n) is 17.0. The minimum Gasteiger partial charge on any atom is -0.465 e. The van der Waals surface area contributed by atoms with Crippen LogP contribution in [0.4, 0.5) is 0 Å². The molecule has 4 rings (SSSR count). The first-order chi connectivity index (χ1) is 14.0. The van der Waals surface area contributed by atoms with Crippen LogP contribution in [0.1, 0.15) is 35.4 Å². The molecular formula is C23H27N3O3. The largest absolute Gasteiger partial charge is 0.465 e. The molecule has 6 nitrogen and oxygen atoms in total. The highest BCUT2D eigenvalue weighted by atomic mass is 16.5. The maximum atomic E-state index is 11.0. The van der Waals surface area contributed by atoms with E-state index in [1.807, 2.05) is 12.1 Å². The van der Waals surface area contributed by atoms with Gasteiger partial charge in [0.05, 0.1) is 12.6 Å². The number of hydrogen-bond donors (Lipinski definition) is 1. The summed E-state index contributed by atoms with van der Waals surface area (Å²) in [5.74, 6) is -0.236. The number of rotatable bonds is 6. The fraction of sp³-hybridized carbons (Fsp3) is 0.391. The Balaban J connectivity index is 1.64. The van der Waals surface area contributed by atoms with Crippen molar-refractivity contribution in [2.75, 3.05) is 19.7 Å². The summed E-state index contributed by atoms with van der Waals surface area (Å²) in [6, 6.07) is 10.2. The number of nitrogens with zero attached hydrogens (tertiary/aromatic N) is 3. The molecule has 1 aromatic carbocycles. The lowest BCUT2D eigenvalue weighted by Crippen LogP contribution is -2.34. The van der Waals surface area contributed by atoms with E-state index in [0.717, 1.165) is 37.1 Å². The number of benzene rings is 1. The van der Waals surface area contributed by atoms with Gasteiger partial charge < -0.3 is 14.4 Å². The van der Waals surface area contributed by atoms with Gasteiger partial charge in [0.15, 0.2) is 0 Å². The lowest BCUT2D eigenvalue weighted by Gasteiger charge is -2.28. The lowest BCUT2D eigenvalue weighted by molar-refractivity contribution is -0.141. The predicted octanol–water partition coefficient (Wildman–Crippen LogP) is 3.00. The third-order valence-electron chi connectivity index (χ3n) is 5.65. The molecule has 1 unspecified atom stereocenters. The zero-order valence-corrected chi connectivity index (χ0v) is 17.0. The molecule has 0 spiro atoms. The average molecular weight is 393 g/mol. The molecular weight excluding hydrogens is 366 g/mol. The molecule has 0 bridgehead atoms. The second-order valence-electron chi connectivity index (χ2n) is 7.72. The maximum Gasteiger partial charge on any atom is 0.302 e. The molecule has 0 radical (unpaired) electrons. The van der Waals surface area contributed by atoms with Crippen molar-refractivity contribution in [2.45, 2.75) is 39.5 Å². The number of aliphatic hydroxyl groups is 1. The number of carbonyl (C=O) groups is 1. The van der Waals surface area contributed by atoms with E-state index in [2.05, 4.69) is 39.6 Å². The third-order valence-corrected chi connectivity index (χ3v) is 5.65. The van der Waals surface area contributed by atoms with Crippen molar-refractivity contribution in [3.63, 3.8) is 0 Å². The summed E-state index contributed by atoms with van der Waals surface area (Å²) in [6.45, 7) is 6.96. The van der Waals surface area contributed by atoms with Gasteiger partial charge in [-0.15, -0.1) is 0 Å². The summed E-state index contributed by atoms with van der Waals surface area (Å²) in [6.07, 6.45) is 3.76. The zero-order chi connectivity index (χ0) is 20.4. The molecule has 6 heteroatoms. The molecule has 1 aliphatic heterocycles. The number of ether oxygens (including phenoxy) is 1. The standard InChI is InChI=1S/C23H27N3O3/c1-16-3-4-21-19(13-16)20-14-25(11-12-29-17(2)27)10-7-22(20)26(21)15-23(28)18-5-8-24-9-6-18/h3-6,8-9,13,23,28H,7,10-12,14-15H2,1-2H3. The topological polar surface area (TPSA) is 67.6 Å². The van der Waals surface area contributed by atoms with Crippen LogP contribution in [0.15, 0.2) is 42.7 Å². The van der Waals surface area contributed by atoms with Crippen LogP contribution in [-0.4, -0.2) is 45.2 Å². The van der Waals surface area contributed by atoms with Crippen molar-refractivity contribution in [1.82, 2.24) is 14.5 Å². The van der Waals surface area contributed by atoms with Crippen LogP contribution < -0.4 is 0 Å². The van der Waals surface area contributed by atoms with Crippen LogP contribution >= 0.6 is 0 Å². The van der Waals surface area contributed by atoms with Gasteiger partial charge in [-0.1, -0.05) is 11.6 Å². The highest BCUT2D eigenvalue weighted by Crippen LogP contribution is 2.33. The minimum absolute atomic E-state index is 0.236. The molecule has 0 saturated carbocycles. The Morgan fingerprint density at radius 2 is 2.07 bits per heavy atom. The van der Waals surface area contributed by atoms with E-state index in [9.17, 15) is 9.90 Å². The van der Waals surface area contributed by atoms with Crippen molar-refractivity contribution in [3.8, 4) is 0 Å². The van der Waals surface area contributed by atoms with Gasteiger partial charge in [-0.25, -0.2) is 0 Å². The molecule has 2 aromatic heterocycles. The van der Waals surface area contributed by atoms with Gasteiger partial charge in [0.2, 0.25) is 0 Å². The molecule has 1 aliphatic rings. The Labute approximate surface area is 170 Å². The number of pyridine rings is 1. The normalized spacial score (nSPS) is 15.3. The summed E-state index contributed by atoms with van der Waals surface area (Å²) in [5, 5.41) is 12.1. The number of carbonyl (C=O) groups excluding carboxylic acids is 1. The van der Waals surface area contributed by atoms with Gasteiger partial charge in [0, 0.05) is 62.0 Å². The highest BCUT2D eigenvalue weighted by molar-refractivity contribution is 5.86. The number of aryl methyl sites for hydroxylation is 1. The van der Waals surface area contributed by atoms with Gasteiger partial charge in [-0.3, -0.25) is 14.7 Å². The van der Waals surface area contributed by atoms with E-state index in [1.54, 1.807) is 12.4 Å². The van der Waals surface area contributed by atoms with Crippen LogP contribution in [0.3, 0.4) is 0 Å². The van der Waals surface area contributed by atoms with Crippen LogP contribution in [0.2, 0.25) is 0 Å². The Hall–Kier alpha value is -2.70. The van der Waals surface area contributed by atoms with Crippen molar-refractivity contribution < 1.29 is 14.6 Å². The highest BCUT2D eigenvalue weighted by Gasteiger charge is 2.25. The summed E-state index contributed by atoms with van der Waals surface area (Å²) < 4.78 is 7.40. The third kappa shape index (κ3) is 4.18. The molecule has 0 fully saturated rings. The Morgan fingerprint density at radius 3 is 2.83 bits per heavy atom. The molecule has 152 valence electrons. The first-order valence-electron chi connectivity index (χ1n) is 10.1. The van der Waals surface area contributed by atoms with E-state index in [0.29, 0.717) is 13.2 Å². The summed E-state index contributed by atoms with van der Waals surface area (Å²) in [4.78, 5) is 17.4. The van der Waals surface area contributed by atoms with Crippen LogP contribution in [0.5, 0.6) is 0 Å². The monoisotopic (exact) mass is 393 g/mol. The second-order valence-corrected chi connectivity index (χ2v) is 7.72. The van der Waals surface area contributed by atoms with Crippen LogP contribution in [0, 0.1) is 6.92 Å². The minimum atomic E-state index is -0.582. The summed E-state index contributed by atoms with van der Waals surface area (Å²) >= 11 is 0. The molecule has 29 heavy (non-hydrogen) atoms. The fourth-order valence-corrected chi connectivity index (χ4v) is 4.20. The molecule has 1 atom stereocenters. The first-order valence-corrected chi connectivity index (χ1v) is 10.1. The van der Waals surface area contributed by atoms with Crippen molar-refractivity contribution in [1.29, 1.82) is 0 Å². The lowest BCUT2D eigenvalue weighted by atomic mass is 10.0. The summed E-state index contributed by atoms with van der Waals surface area (Å²) in [7, 11) is 0. The quantitative estimate of drug-likeness (QED) is 0.652. The van der Waals surface area contributed by atoms with Crippen molar-refractivity contribution in [2.24, 2.45) is 0 Å². The van der Waals surface area contributed by atoms with Gasteiger partial charge in [-0.05, 0) is 42.3 Å². The Morgan fingerprint density at radius 1 is 1.28 bits per heavy atom. The fourth-order valence-electron chi connectivity index (χ4n) is 4.20. The molecule has 0 saturated heterocycles. The maximum absolute atomic E-state index is 11.0. The summed E-state index contributed by atoms with van der Waals surface area (Å²) in [5.41, 5.74) is 5.88. The van der Waals surface area contributed by atoms with Crippen LogP contribution in [0.25, 0.3) is 10.9 Å². The smallest absolute Gasteiger partial charge is 0.302 e. The number of aliphatic hydroxyl groups excluding tert-OH is 1.